The number of anilines is 2. The number of piperidine rings is 1. The minimum atomic E-state index is -0.611. The van der Waals surface area contributed by atoms with E-state index < -0.39 is 6.67 Å². The molecular weight excluding hydrogens is 487 g/mol. The van der Waals surface area contributed by atoms with Crippen LogP contribution in [-0.4, -0.2) is 70.0 Å². The fourth-order valence-corrected chi connectivity index (χ4v) is 5.44. The van der Waals surface area contributed by atoms with Crippen molar-refractivity contribution in [2.75, 3.05) is 44.1 Å². The number of alkyl halides is 1. The summed E-state index contributed by atoms with van der Waals surface area (Å²) in [6.07, 6.45) is 6.45. The van der Waals surface area contributed by atoms with Crippen LogP contribution >= 0.6 is 0 Å². The fourth-order valence-electron chi connectivity index (χ4n) is 5.44. The molecule has 0 saturated carbocycles. The highest BCUT2D eigenvalue weighted by Crippen LogP contribution is 2.37. The maximum atomic E-state index is 12.7. The van der Waals surface area contributed by atoms with Crippen LogP contribution in [0.5, 0.6) is 11.6 Å². The van der Waals surface area contributed by atoms with E-state index in [1.54, 1.807) is 25.6 Å². The Morgan fingerprint density at radius 3 is 2.66 bits per heavy atom. The van der Waals surface area contributed by atoms with E-state index in [1.165, 1.54) is 16.5 Å². The molecule has 2 atom stereocenters. The smallest absolute Gasteiger partial charge is 0.212 e. The number of rotatable bonds is 8. The number of methoxy groups -OCH3 is 1. The first kappa shape index (κ1) is 23.9. The monoisotopic (exact) mass is 514 g/mol. The second-order valence-electron chi connectivity index (χ2n) is 9.53. The van der Waals surface area contributed by atoms with Crippen molar-refractivity contribution in [1.82, 2.24) is 24.5 Å². The van der Waals surface area contributed by atoms with Gasteiger partial charge in [-0.25, -0.2) is 18.9 Å². The molecular formula is C27H27FN8O2. The van der Waals surface area contributed by atoms with Gasteiger partial charge in [0, 0.05) is 61.3 Å². The van der Waals surface area contributed by atoms with Gasteiger partial charge in [0.25, 0.3) is 0 Å². The summed E-state index contributed by atoms with van der Waals surface area (Å²) >= 11 is 0. The van der Waals surface area contributed by atoms with Gasteiger partial charge in [0.2, 0.25) is 5.88 Å². The van der Waals surface area contributed by atoms with Crippen LogP contribution in [0.4, 0.5) is 16.0 Å². The number of nitrogens with zero attached hydrogens (tertiary/aromatic N) is 7. The summed E-state index contributed by atoms with van der Waals surface area (Å²) in [5, 5.41) is 13.9. The topological polar surface area (TPSA) is 118 Å². The number of piperazine rings is 1. The molecule has 3 aliphatic rings. The first-order valence-electron chi connectivity index (χ1n) is 12.4. The minimum absolute atomic E-state index is 0.0761. The molecule has 4 aromatic heterocycles. The van der Waals surface area contributed by atoms with Gasteiger partial charge >= 0.3 is 0 Å². The molecule has 3 fully saturated rings. The van der Waals surface area contributed by atoms with E-state index in [1.807, 2.05) is 24.4 Å². The first-order chi connectivity index (χ1) is 18.6. The van der Waals surface area contributed by atoms with E-state index in [0.29, 0.717) is 34.8 Å². The van der Waals surface area contributed by atoms with Gasteiger partial charge in [-0.3, -0.25) is 4.90 Å². The molecule has 0 amide bonds. The van der Waals surface area contributed by atoms with Crippen molar-refractivity contribution in [2.24, 2.45) is 0 Å². The molecule has 0 aliphatic carbocycles. The molecule has 4 aromatic rings. The zero-order chi connectivity index (χ0) is 26.2. The molecule has 11 heteroatoms. The molecule has 7 heterocycles. The van der Waals surface area contributed by atoms with Crippen LogP contribution in [-0.2, 0) is 6.54 Å². The highest BCUT2D eigenvalue weighted by molar-refractivity contribution is 5.88. The molecule has 2 bridgehead atoms. The molecule has 3 saturated heterocycles. The largest absolute Gasteiger partial charge is 0.489 e. The number of halogens is 1. The number of pyridine rings is 3. The number of nitrogens with two attached hydrogens (primary N) is 1. The van der Waals surface area contributed by atoms with Gasteiger partial charge in [-0.05, 0) is 30.2 Å². The van der Waals surface area contributed by atoms with Crippen LogP contribution in [0.25, 0.3) is 16.6 Å². The number of fused-ring (bicyclic) bond motifs is 3. The Morgan fingerprint density at radius 1 is 1.16 bits per heavy atom. The van der Waals surface area contributed by atoms with Gasteiger partial charge in [-0.1, -0.05) is 6.07 Å². The Balaban J connectivity index is 1.21. The van der Waals surface area contributed by atoms with E-state index in [2.05, 4.69) is 32.0 Å². The maximum Gasteiger partial charge on any atom is 0.212 e. The standard InChI is InChI=1S/C27H27FN8O2/c1-37-25-5-2-17(11-32-25)13-35-19-8-20(35)15-34(14-19)24-4-3-18(12-31-24)22-9-21(38-7-6-28)16-36-26(22)23(10-29)27(30)33-36/h2-5,9,11-12,16,19-20H,6-8,13-15H2,1H3,(H2,30,33). The van der Waals surface area contributed by atoms with Crippen molar-refractivity contribution in [3.05, 3.63) is 60.0 Å². The Kier molecular flexibility index (Phi) is 6.17. The highest BCUT2D eigenvalue weighted by atomic mass is 19.1. The summed E-state index contributed by atoms with van der Waals surface area (Å²) < 4.78 is 24.9. The van der Waals surface area contributed by atoms with E-state index in [4.69, 9.17) is 20.2 Å². The zero-order valence-electron chi connectivity index (χ0n) is 20.9. The average Bonchev–Trinajstić information content (AvgIpc) is 3.29. The lowest BCUT2D eigenvalue weighted by molar-refractivity contribution is -0.00876. The third kappa shape index (κ3) is 4.22. The third-order valence-corrected chi connectivity index (χ3v) is 7.29. The lowest BCUT2D eigenvalue weighted by Crippen LogP contribution is -2.68. The predicted molar refractivity (Wildman–Crippen MR) is 140 cm³/mol. The summed E-state index contributed by atoms with van der Waals surface area (Å²) in [6, 6.07) is 12.8. The lowest BCUT2D eigenvalue weighted by atomic mass is 9.87. The van der Waals surface area contributed by atoms with Crippen molar-refractivity contribution in [1.29, 1.82) is 5.26 Å². The molecule has 0 radical (unpaired) electrons. The lowest BCUT2D eigenvalue weighted by Gasteiger charge is -2.56. The highest BCUT2D eigenvalue weighted by Gasteiger charge is 2.44. The van der Waals surface area contributed by atoms with Crippen molar-refractivity contribution in [3.8, 4) is 28.8 Å². The second kappa shape index (κ2) is 9.79. The first-order valence-corrected chi connectivity index (χ1v) is 12.4. The summed E-state index contributed by atoms with van der Waals surface area (Å²) in [7, 11) is 1.62. The molecule has 3 aliphatic heterocycles. The number of hydrogen-bond donors (Lipinski definition) is 1. The van der Waals surface area contributed by atoms with E-state index in [0.717, 1.165) is 31.0 Å². The van der Waals surface area contributed by atoms with Crippen LogP contribution in [0.2, 0.25) is 0 Å². The summed E-state index contributed by atoms with van der Waals surface area (Å²) in [6.45, 7) is 1.99. The minimum Gasteiger partial charge on any atom is -0.489 e. The molecule has 2 unspecified atom stereocenters. The van der Waals surface area contributed by atoms with Crippen molar-refractivity contribution >= 4 is 17.2 Å². The molecule has 194 valence electrons. The second-order valence-corrected chi connectivity index (χ2v) is 9.53. The van der Waals surface area contributed by atoms with Gasteiger partial charge in [0.1, 0.15) is 36.5 Å². The van der Waals surface area contributed by atoms with Gasteiger partial charge in [0.15, 0.2) is 5.82 Å². The van der Waals surface area contributed by atoms with Crippen LogP contribution < -0.4 is 20.1 Å². The molecule has 0 spiro atoms. The van der Waals surface area contributed by atoms with E-state index >= 15 is 0 Å². The molecule has 0 aromatic carbocycles. The third-order valence-electron chi connectivity index (χ3n) is 7.29. The Hall–Kier alpha value is -4.43. The number of hydrogen-bond acceptors (Lipinski definition) is 9. The quantitative estimate of drug-likeness (QED) is 0.378. The molecule has 10 nitrogen and oxygen atoms in total. The summed E-state index contributed by atoms with van der Waals surface area (Å²) in [5.74, 6) is 2.09. The van der Waals surface area contributed by atoms with Crippen LogP contribution in [0.15, 0.2) is 48.9 Å². The SMILES string of the molecule is COc1ccc(CN2C3CC2CN(c2ccc(-c4cc(OCCF)cn5nc(N)c(C#N)c45)cn2)C3)cn1. The van der Waals surface area contributed by atoms with Crippen molar-refractivity contribution in [2.45, 2.75) is 25.0 Å². The van der Waals surface area contributed by atoms with Crippen LogP contribution in [0, 0.1) is 11.3 Å². The van der Waals surface area contributed by atoms with Gasteiger partial charge in [0.05, 0.1) is 18.8 Å². The zero-order valence-corrected chi connectivity index (χ0v) is 20.9. The van der Waals surface area contributed by atoms with Crippen molar-refractivity contribution in [3.63, 3.8) is 0 Å². The maximum absolute atomic E-state index is 12.7. The number of aromatic nitrogens is 4. The Bertz CT molecular complexity index is 1490. The van der Waals surface area contributed by atoms with E-state index in [-0.39, 0.29) is 18.0 Å². The molecule has 2 N–H and O–H groups in total. The van der Waals surface area contributed by atoms with Gasteiger partial charge < -0.3 is 20.1 Å². The van der Waals surface area contributed by atoms with Crippen molar-refractivity contribution < 1.29 is 13.9 Å². The number of nitriles is 1. The normalized spacial score (nSPS) is 18.7. The summed E-state index contributed by atoms with van der Waals surface area (Å²) in [4.78, 5) is 13.9. The van der Waals surface area contributed by atoms with Crippen LogP contribution in [0.1, 0.15) is 17.5 Å². The van der Waals surface area contributed by atoms with E-state index in [9.17, 15) is 9.65 Å². The fraction of sp³-hybridized carbons (Fsp3) is 0.333. The Labute approximate surface area is 219 Å². The predicted octanol–water partition coefficient (Wildman–Crippen LogP) is 3.07. The molecule has 38 heavy (non-hydrogen) atoms. The number of nitrogen functional groups attached to an aromatic ring is 1. The van der Waals surface area contributed by atoms with Crippen LogP contribution in [0.3, 0.4) is 0 Å². The average molecular weight is 515 g/mol. The summed E-state index contributed by atoms with van der Waals surface area (Å²) in [5.41, 5.74) is 9.49. The Morgan fingerprint density at radius 2 is 2.00 bits per heavy atom. The number of ether oxygens (including phenoxy) is 2. The van der Waals surface area contributed by atoms with Gasteiger partial charge in [-0.2, -0.15) is 5.26 Å². The van der Waals surface area contributed by atoms with Gasteiger partial charge in [-0.15, -0.1) is 5.10 Å². The molecule has 7 rings (SSSR count).